The van der Waals surface area contributed by atoms with Crippen LogP contribution in [0.15, 0.2) is 6.20 Å². The zero-order valence-electron chi connectivity index (χ0n) is 10.9. The molecule has 1 fully saturated rings. The lowest BCUT2D eigenvalue weighted by Crippen LogP contribution is -2.36. The third kappa shape index (κ3) is 3.52. The molecule has 0 saturated carbocycles. The van der Waals surface area contributed by atoms with Gasteiger partial charge in [0.2, 0.25) is 5.91 Å². The van der Waals surface area contributed by atoms with E-state index in [1.165, 1.54) is 10.9 Å². The maximum atomic E-state index is 12.1. The first-order chi connectivity index (χ1) is 9.06. The van der Waals surface area contributed by atoms with E-state index in [0.29, 0.717) is 5.92 Å². The topological polar surface area (TPSA) is 88.3 Å². The van der Waals surface area contributed by atoms with Crippen LogP contribution in [0, 0.1) is 5.92 Å². The molecule has 7 nitrogen and oxygen atoms in total. The maximum Gasteiger partial charge on any atom is 0.358 e. The molecule has 104 valence electrons. The Labute approximate surface area is 111 Å². The van der Waals surface area contributed by atoms with Gasteiger partial charge in [-0.05, 0) is 18.8 Å². The summed E-state index contributed by atoms with van der Waals surface area (Å²) in [6.07, 6.45) is 4.60. The molecule has 0 bridgehead atoms. The minimum absolute atomic E-state index is 0.0319. The Bertz CT molecular complexity index is 471. The normalized spacial score (nSPS) is 20.1. The van der Waals surface area contributed by atoms with E-state index in [-0.39, 0.29) is 18.1 Å². The smallest absolute Gasteiger partial charge is 0.358 e. The lowest BCUT2D eigenvalue weighted by Gasteiger charge is -2.22. The standard InChI is InChI=1S/C12H18N4O3/c1-9-4-2-3-5-15(6-9)11(17)8-16-7-10(12(18)19)13-14-16/h7,9H,2-6,8H2,1H3,(H,18,19). The van der Waals surface area contributed by atoms with Crippen molar-refractivity contribution >= 4 is 11.9 Å². The molecular formula is C12H18N4O3. The van der Waals surface area contributed by atoms with Crippen LogP contribution < -0.4 is 0 Å². The fraction of sp³-hybridized carbons (Fsp3) is 0.667. The number of hydrogen-bond acceptors (Lipinski definition) is 4. The van der Waals surface area contributed by atoms with Crippen LogP contribution in [0.5, 0.6) is 0 Å². The van der Waals surface area contributed by atoms with E-state index in [1.54, 1.807) is 0 Å². The van der Waals surface area contributed by atoms with Gasteiger partial charge < -0.3 is 10.0 Å². The predicted molar refractivity (Wildman–Crippen MR) is 66.6 cm³/mol. The second-order valence-corrected chi connectivity index (χ2v) is 5.05. The van der Waals surface area contributed by atoms with E-state index < -0.39 is 5.97 Å². The summed E-state index contributed by atoms with van der Waals surface area (Å²) in [6, 6.07) is 0. The zero-order valence-corrected chi connectivity index (χ0v) is 10.9. The fourth-order valence-corrected chi connectivity index (χ4v) is 2.29. The summed E-state index contributed by atoms with van der Waals surface area (Å²) in [7, 11) is 0. The summed E-state index contributed by atoms with van der Waals surface area (Å²) in [5.41, 5.74) is -0.142. The highest BCUT2D eigenvalue weighted by Crippen LogP contribution is 2.15. The molecule has 0 aliphatic carbocycles. The summed E-state index contributed by atoms with van der Waals surface area (Å²) < 4.78 is 1.28. The van der Waals surface area contributed by atoms with E-state index in [9.17, 15) is 9.59 Å². The quantitative estimate of drug-likeness (QED) is 0.866. The molecular weight excluding hydrogens is 248 g/mol. The van der Waals surface area contributed by atoms with Crippen LogP contribution in [0.25, 0.3) is 0 Å². The molecule has 2 heterocycles. The fourth-order valence-electron chi connectivity index (χ4n) is 2.29. The lowest BCUT2D eigenvalue weighted by atomic mass is 10.1. The third-order valence-electron chi connectivity index (χ3n) is 3.31. The molecule has 1 N–H and O–H groups in total. The van der Waals surface area contributed by atoms with Crippen LogP contribution in [0.3, 0.4) is 0 Å². The Balaban J connectivity index is 1.97. The summed E-state index contributed by atoms with van der Waals surface area (Å²) >= 11 is 0. The van der Waals surface area contributed by atoms with Crippen molar-refractivity contribution in [3.8, 4) is 0 Å². The number of likely N-dealkylation sites (tertiary alicyclic amines) is 1. The van der Waals surface area contributed by atoms with Crippen molar-refractivity contribution in [3.63, 3.8) is 0 Å². The molecule has 1 aromatic heterocycles. The number of carbonyl (C=O) groups is 2. The van der Waals surface area contributed by atoms with Crippen molar-refractivity contribution < 1.29 is 14.7 Å². The van der Waals surface area contributed by atoms with Crippen molar-refractivity contribution in [3.05, 3.63) is 11.9 Å². The average molecular weight is 266 g/mol. The second-order valence-electron chi connectivity index (χ2n) is 5.05. The average Bonchev–Trinajstić information content (AvgIpc) is 2.71. The van der Waals surface area contributed by atoms with Gasteiger partial charge in [0, 0.05) is 13.1 Å². The van der Waals surface area contributed by atoms with Crippen LogP contribution in [-0.2, 0) is 11.3 Å². The Morgan fingerprint density at radius 3 is 2.95 bits per heavy atom. The highest BCUT2D eigenvalue weighted by atomic mass is 16.4. The first-order valence-corrected chi connectivity index (χ1v) is 6.47. The Hall–Kier alpha value is -1.92. The molecule has 1 saturated heterocycles. The van der Waals surface area contributed by atoms with Crippen LogP contribution in [0.4, 0.5) is 0 Å². The van der Waals surface area contributed by atoms with Crippen LogP contribution in [-0.4, -0.2) is 50.0 Å². The SMILES string of the molecule is CC1CCCCN(C(=O)Cn2cc(C(=O)O)nn2)C1. The number of aromatic carboxylic acids is 1. The summed E-state index contributed by atoms with van der Waals surface area (Å²) in [5.74, 6) is -0.658. The van der Waals surface area contributed by atoms with Crippen molar-refractivity contribution in [2.45, 2.75) is 32.7 Å². The number of amides is 1. The molecule has 0 spiro atoms. The zero-order chi connectivity index (χ0) is 13.8. The molecule has 2 rings (SSSR count). The van der Waals surface area contributed by atoms with E-state index in [1.807, 2.05) is 4.90 Å². The first-order valence-electron chi connectivity index (χ1n) is 6.47. The highest BCUT2D eigenvalue weighted by Gasteiger charge is 2.20. The molecule has 1 atom stereocenters. The minimum Gasteiger partial charge on any atom is -0.476 e. The van der Waals surface area contributed by atoms with Crippen LogP contribution in [0.1, 0.15) is 36.7 Å². The van der Waals surface area contributed by atoms with Crippen molar-refractivity contribution in [2.75, 3.05) is 13.1 Å². The number of carboxylic acid groups (broad SMARTS) is 1. The summed E-state index contributed by atoms with van der Waals surface area (Å²) in [5, 5.41) is 15.9. The molecule has 19 heavy (non-hydrogen) atoms. The van der Waals surface area contributed by atoms with Gasteiger partial charge in [-0.15, -0.1) is 5.10 Å². The first kappa shape index (κ1) is 13.5. The van der Waals surface area contributed by atoms with Gasteiger partial charge in [-0.2, -0.15) is 0 Å². The molecule has 0 aromatic carbocycles. The molecule has 1 aliphatic rings. The number of rotatable bonds is 3. The third-order valence-corrected chi connectivity index (χ3v) is 3.31. The molecule has 1 unspecified atom stereocenters. The Morgan fingerprint density at radius 1 is 1.47 bits per heavy atom. The van der Waals surface area contributed by atoms with Crippen molar-refractivity contribution in [1.82, 2.24) is 19.9 Å². The van der Waals surface area contributed by atoms with Crippen LogP contribution >= 0.6 is 0 Å². The van der Waals surface area contributed by atoms with Gasteiger partial charge in [-0.1, -0.05) is 18.6 Å². The molecule has 1 amide bonds. The molecule has 1 aliphatic heterocycles. The van der Waals surface area contributed by atoms with E-state index >= 15 is 0 Å². The van der Waals surface area contributed by atoms with Gasteiger partial charge >= 0.3 is 5.97 Å². The van der Waals surface area contributed by atoms with Crippen molar-refractivity contribution in [2.24, 2.45) is 5.92 Å². The number of nitrogens with zero attached hydrogens (tertiary/aromatic N) is 4. The number of carbonyl (C=O) groups excluding carboxylic acids is 1. The van der Waals surface area contributed by atoms with Gasteiger partial charge in [0.25, 0.3) is 0 Å². The van der Waals surface area contributed by atoms with Gasteiger partial charge in [0.1, 0.15) is 6.54 Å². The molecule has 7 heteroatoms. The number of hydrogen-bond donors (Lipinski definition) is 1. The molecule has 0 radical (unpaired) electrons. The Kier molecular flexibility index (Phi) is 4.13. The molecule has 1 aromatic rings. The predicted octanol–water partition coefficient (Wildman–Crippen LogP) is 0.625. The minimum atomic E-state index is -1.14. The number of carboxylic acids is 1. The van der Waals surface area contributed by atoms with Crippen molar-refractivity contribution in [1.29, 1.82) is 0 Å². The van der Waals surface area contributed by atoms with E-state index in [4.69, 9.17) is 5.11 Å². The second kappa shape index (κ2) is 5.81. The lowest BCUT2D eigenvalue weighted by molar-refractivity contribution is -0.132. The highest BCUT2D eigenvalue weighted by molar-refractivity contribution is 5.84. The van der Waals surface area contributed by atoms with Gasteiger partial charge in [-0.25, -0.2) is 9.48 Å². The maximum absolute atomic E-state index is 12.1. The summed E-state index contributed by atoms with van der Waals surface area (Å²) in [4.78, 5) is 24.6. The monoisotopic (exact) mass is 266 g/mol. The van der Waals surface area contributed by atoms with Gasteiger partial charge in [0.05, 0.1) is 6.20 Å². The van der Waals surface area contributed by atoms with E-state index in [0.717, 1.165) is 32.4 Å². The Morgan fingerprint density at radius 2 is 2.26 bits per heavy atom. The number of aromatic nitrogens is 3. The van der Waals surface area contributed by atoms with E-state index in [2.05, 4.69) is 17.2 Å². The van der Waals surface area contributed by atoms with Crippen LogP contribution in [0.2, 0.25) is 0 Å². The largest absolute Gasteiger partial charge is 0.476 e. The summed E-state index contributed by atoms with van der Waals surface area (Å²) in [6.45, 7) is 3.72. The van der Waals surface area contributed by atoms with Gasteiger partial charge in [-0.3, -0.25) is 4.79 Å². The van der Waals surface area contributed by atoms with Gasteiger partial charge in [0.15, 0.2) is 5.69 Å².